The third kappa shape index (κ3) is 4.19. The van der Waals surface area contributed by atoms with Gasteiger partial charge in [0.1, 0.15) is 5.82 Å². The van der Waals surface area contributed by atoms with Crippen molar-refractivity contribution in [3.05, 3.63) is 64.4 Å². The second kappa shape index (κ2) is 7.24. The van der Waals surface area contributed by atoms with Gasteiger partial charge in [-0.1, -0.05) is 35.9 Å². The number of amides is 2. The smallest absolute Gasteiger partial charge is 0.319 e. The van der Waals surface area contributed by atoms with Gasteiger partial charge < -0.3 is 15.7 Å². The Labute approximate surface area is 132 Å². The molecule has 0 fully saturated rings. The topological polar surface area (TPSA) is 61.4 Å². The van der Waals surface area contributed by atoms with E-state index < -0.39 is 18.0 Å². The van der Waals surface area contributed by atoms with Gasteiger partial charge in [0.05, 0.1) is 16.8 Å². The van der Waals surface area contributed by atoms with E-state index in [1.54, 1.807) is 6.07 Å². The molecular weight excluding hydrogens is 307 g/mol. The van der Waals surface area contributed by atoms with Crippen LogP contribution in [0.15, 0.2) is 42.5 Å². The molecule has 6 heteroatoms. The van der Waals surface area contributed by atoms with Gasteiger partial charge in [-0.3, -0.25) is 0 Å². The molecule has 3 N–H and O–H groups in total. The minimum Gasteiger partial charge on any atom is -0.387 e. The molecule has 0 heterocycles. The highest BCUT2D eigenvalue weighted by Crippen LogP contribution is 2.22. The second-order valence-electron chi connectivity index (χ2n) is 4.83. The lowest BCUT2D eigenvalue weighted by atomic mass is 10.0. The fraction of sp³-hybridized carbons (Fsp3) is 0.188. The number of aryl methyl sites for hydroxylation is 1. The molecule has 1 unspecified atom stereocenters. The van der Waals surface area contributed by atoms with E-state index in [0.29, 0.717) is 0 Å². The van der Waals surface area contributed by atoms with Crippen LogP contribution in [0.5, 0.6) is 0 Å². The molecule has 2 rings (SSSR count). The lowest BCUT2D eigenvalue weighted by molar-refractivity contribution is 0.174. The van der Waals surface area contributed by atoms with Crippen LogP contribution in [0.2, 0.25) is 5.02 Å². The molecule has 0 aromatic heterocycles. The molecule has 2 aromatic rings. The Morgan fingerprint density at radius 1 is 1.32 bits per heavy atom. The van der Waals surface area contributed by atoms with Crippen LogP contribution in [0.3, 0.4) is 0 Å². The van der Waals surface area contributed by atoms with Crippen LogP contribution in [-0.4, -0.2) is 17.7 Å². The second-order valence-corrected chi connectivity index (χ2v) is 5.24. The Bertz CT molecular complexity index is 679. The number of hydrogen-bond donors (Lipinski definition) is 3. The van der Waals surface area contributed by atoms with Crippen LogP contribution in [0.4, 0.5) is 14.9 Å². The Kier molecular flexibility index (Phi) is 5.35. The Morgan fingerprint density at radius 2 is 2.05 bits per heavy atom. The van der Waals surface area contributed by atoms with Crippen LogP contribution in [0, 0.1) is 12.7 Å². The first-order chi connectivity index (χ1) is 10.5. The van der Waals surface area contributed by atoms with Crippen LogP contribution >= 0.6 is 11.6 Å². The van der Waals surface area contributed by atoms with Crippen LogP contribution in [0.1, 0.15) is 17.2 Å². The van der Waals surface area contributed by atoms with Crippen molar-refractivity contribution in [3.8, 4) is 0 Å². The third-order valence-corrected chi connectivity index (χ3v) is 3.51. The largest absolute Gasteiger partial charge is 0.387 e. The summed E-state index contributed by atoms with van der Waals surface area (Å²) >= 11 is 5.86. The molecule has 0 saturated heterocycles. The molecule has 2 amide bonds. The maximum atomic E-state index is 13.1. The van der Waals surface area contributed by atoms with Gasteiger partial charge in [-0.2, -0.15) is 0 Å². The van der Waals surface area contributed by atoms with Crippen molar-refractivity contribution in [2.45, 2.75) is 13.0 Å². The van der Waals surface area contributed by atoms with Crippen LogP contribution in [0.25, 0.3) is 0 Å². The molecule has 0 aliphatic heterocycles. The number of carbonyl (C=O) groups excluding carboxylic acids is 1. The summed E-state index contributed by atoms with van der Waals surface area (Å²) in [5, 5.41) is 15.3. The van der Waals surface area contributed by atoms with Crippen LogP contribution < -0.4 is 10.6 Å². The number of aliphatic hydroxyl groups is 1. The monoisotopic (exact) mass is 322 g/mol. The van der Waals surface area contributed by atoms with Crippen molar-refractivity contribution in [2.75, 3.05) is 11.9 Å². The fourth-order valence-corrected chi connectivity index (χ4v) is 2.18. The molecule has 0 bridgehead atoms. The molecule has 0 aliphatic rings. The molecule has 4 nitrogen and oxygen atoms in total. The molecule has 0 aliphatic carbocycles. The summed E-state index contributed by atoms with van der Waals surface area (Å²) in [6, 6.07) is 10.5. The maximum absolute atomic E-state index is 13.1. The highest BCUT2D eigenvalue weighted by atomic mass is 35.5. The minimum atomic E-state index is -0.824. The summed E-state index contributed by atoms with van der Waals surface area (Å²) in [5.74, 6) is -0.500. The van der Waals surface area contributed by atoms with E-state index in [1.807, 2.05) is 25.1 Å². The van der Waals surface area contributed by atoms with E-state index in [9.17, 15) is 14.3 Å². The van der Waals surface area contributed by atoms with E-state index >= 15 is 0 Å². The van der Waals surface area contributed by atoms with Gasteiger partial charge in [0.2, 0.25) is 0 Å². The first-order valence-electron chi connectivity index (χ1n) is 6.71. The first kappa shape index (κ1) is 16.3. The first-order valence-corrected chi connectivity index (χ1v) is 7.08. The quantitative estimate of drug-likeness (QED) is 0.804. The molecule has 0 spiro atoms. The zero-order chi connectivity index (χ0) is 16.1. The summed E-state index contributed by atoms with van der Waals surface area (Å²) in [7, 11) is 0. The number of aliphatic hydroxyl groups excluding tert-OH is 1. The van der Waals surface area contributed by atoms with Crippen molar-refractivity contribution >= 4 is 23.3 Å². The molecule has 116 valence electrons. The molecule has 0 radical (unpaired) electrons. The lowest BCUT2D eigenvalue weighted by Gasteiger charge is -2.15. The minimum absolute atomic E-state index is 0.0314. The number of carbonyl (C=O) groups is 1. The summed E-state index contributed by atoms with van der Waals surface area (Å²) in [4.78, 5) is 11.8. The molecule has 2 aromatic carbocycles. The molecule has 0 saturated carbocycles. The zero-order valence-corrected chi connectivity index (χ0v) is 12.7. The SMILES string of the molecule is Cc1ccccc1C(O)CNC(=O)Nc1cc(F)ccc1Cl. The molecule has 1 atom stereocenters. The average Bonchev–Trinajstić information content (AvgIpc) is 2.49. The van der Waals surface area contributed by atoms with Gasteiger partial charge in [-0.25, -0.2) is 9.18 Å². The van der Waals surface area contributed by atoms with Crippen molar-refractivity contribution in [3.63, 3.8) is 0 Å². The van der Waals surface area contributed by atoms with E-state index in [4.69, 9.17) is 11.6 Å². The highest BCUT2D eigenvalue weighted by molar-refractivity contribution is 6.33. The normalized spacial score (nSPS) is 11.8. The predicted octanol–water partition coefficient (Wildman–Crippen LogP) is 3.64. The Morgan fingerprint density at radius 3 is 2.77 bits per heavy atom. The summed E-state index contributed by atoms with van der Waals surface area (Å²) in [5.41, 5.74) is 1.85. The van der Waals surface area contributed by atoms with Crippen molar-refractivity contribution in [2.24, 2.45) is 0 Å². The highest BCUT2D eigenvalue weighted by Gasteiger charge is 2.12. The molecule has 22 heavy (non-hydrogen) atoms. The number of rotatable bonds is 4. The van der Waals surface area contributed by atoms with E-state index in [1.165, 1.54) is 12.1 Å². The Balaban J connectivity index is 1.93. The maximum Gasteiger partial charge on any atom is 0.319 e. The zero-order valence-electron chi connectivity index (χ0n) is 11.9. The van der Waals surface area contributed by atoms with E-state index in [2.05, 4.69) is 10.6 Å². The number of halogens is 2. The average molecular weight is 323 g/mol. The third-order valence-electron chi connectivity index (χ3n) is 3.18. The standard InChI is InChI=1S/C16H16ClFN2O2/c1-10-4-2-3-5-12(10)15(21)9-19-16(22)20-14-8-11(18)6-7-13(14)17/h2-8,15,21H,9H2,1H3,(H2,19,20,22). The summed E-state index contributed by atoms with van der Waals surface area (Å²) < 4.78 is 13.1. The van der Waals surface area contributed by atoms with E-state index in [0.717, 1.165) is 17.2 Å². The van der Waals surface area contributed by atoms with Crippen molar-refractivity contribution in [1.29, 1.82) is 0 Å². The number of nitrogens with one attached hydrogen (secondary N) is 2. The Hall–Kier alpha value is -2.11. The summed E-state index contributed by atoms with van der Waals surface area (Å²) in [6.07, 6.45) is -0.824. The number of anilines is 1. The van der Waals surface area contributed by atoms with Gasteiger partial charge in [0, 0.05) is 6.54 Å². The van der Waals surface area contributed by atoms with Gasteiger partial charge >= 0.3 is 6.03 Å². The van der Waals surface area contributed by atoms with Gasteiger partial charge in [0.25, 0.3) is 0 Å². The van der Waals surface area contributed by atoms with E-state index in [-0.39, 0.29) is 17.3 Å². The van der Waals surface area contributed by atoms with Gasteiger partial charge in [-0.15, -0.1) is 0 Å². The van der Waals surface area contributed by atoms with Crippen molar-refractivity contribution < 1.29 is 14.3 Å². The lowest BCUT2D eigenvalue weighted by Crippen LogP contribution is -2.32. The summed E-state index contributed by atoms with van der Waals surface area (Å²) in [6.45, 7) is 1.91. The predicted molar refractivity (Wildman–Crippen MR) is 84.6 cm³/mol. The fourth-order valence-electron chi connectivity index (χ4n) is 2.02. The van der Waals surface area contributed by atoms with Gasteiger partial charge in [-0.05, 0) is 36.2 Å². The van der Waals surface area contributed by atoms with Crippen LogP contribution in [-0.2, 0) is 0 Å². The van der Waals surface area contributed by atoms with Gasteiger partial charge in [0.15, 0.2) is 0 Å². The number of urea groups is 1. The number of hydrogen-bond acceptors (Lipinski definition) is 2. The van der Waals surface area contributed by atoms with Crippen molar-refractivity contribution in [1.82, 2.24) is 5.32 Å². The molecular formula is C16H16ClFN2O2. The number of benzene rings is 2.